The van der Waals surface area contributed by atoms with Crippen LogP contribution in [-0.2, 0) is 9.53 Å². The molecule has 6 heteroatoms. The molecular formula is C13H18N2O4. The van der Waals surface area contributed by atoms with Gasteiger partial charge < -0.3 is 15.0 Å². The van der Waals surface area contributed by atoms with Crippen LogP contribution >= 0.6 is 0 Å². The van der Waals surface area contributed by atoms with Gasteiger partial charge in [0.15, 0.2) is 5.43 Å². The van der Waals surface area contributed by atoms with Crippen molar-refractivity contribution in [3.05, 3.63) is 34.2 Å². The van der Waals surface area contributed by atoms with E-state index in [1.165, 1.54) is 25.6 Å². The Bertz CT molecular complexity index is 509. The summed E-state index contributed by atoms with van der Waals surface area (Å²) in [4.78, 5) is 37.8. The van der Waals surface area contributed by atoms with Crippen molar-refractivity contribution in [2.75, 3.05) is 7.11 Å². The van der Waals surface area contributed by atoms with Crippen LogP contribution in [0, 0.1) is 5.92 Å². The molecule has 0 spiro atoms. The number of aromatic amines is 1. The second kappa shape index (κ2) is 6.72. The Labute approximate surface area is 111 Å². The summed E-state index contributed by atoms with van der Waals surface area (Å²) in [5.41, 5.74) is -0.427. The number of amides is 1. The first kappa shape index (κ1) is 14.9. The van der Waals surface area contributed by atoms with Crippen LogP contribution in [0.1, 0.15) is 30.6 Å². The van der Waals surface area contributed by atoms with Gasteiger partial charge in [-0.3, -0.25) is 9.59 Å². The van der Waals surface area contributed by atoms with Gasteiger partial charge in [0, 0.05) is 18.5 Å². The zero-order chi connectivity index (χ0) is 14.4. The van der Waals surface area contributed by atoms with Crippen LogP contribution in [0.3, 0.4) is 0 Å². The minimum Gasteiger partial charge on any atom is -0.467 e. The van der Waals surface area contributed by atoms with E-state index in [4.69, 9.17) is 0 Å². The van der Waals surface area contributed by atoms with Gasteiger partial charge in [-0.05, 0) is 5.92 Å². The number of aromatic nitrogens is 1. The number of pyridine rings is 1. The molecule has 0 aliphatic carbocycles. The van der Waals surface area contributed by atoms with E-state index in [1.54, 1.807) is 0 Å². The average Bonchev–Trinajstić information content (AvgIpc) is 2.43. The molecule has 6 nitrogen and oxygen atoms in total. The number of nitrogens with one attached hydrogen (secondary N) is 2. The number of hydrogen-bond acceptors (Lipinski definition) is 4. The summed E-state index contributed by atoms with van der Waals surface area (Å²) in [6.07, 6.45) is 3.44. The first-order chi connectivity index (χ1) is 9.01. The molecule has 0 saturated carbocycles. The third-order valence-electron chi connectivity index (χ3n) is 3.02. The number of hydrogen-bond donors (Lipinski definition) is 2. The Kier molecular flexibility index (Phi) is 5.29. The van der Waals surface area contributed by atoms with Gasteiger partial charge in [-0.2, -0.15) is 0 Å². The van der Waals surface area contributed by atoms with Gasteiger partial charge >= 0.3 is 5.97 Å². The molecule has 2 N–H and O–H groups in total. The SMILES string of the molecule is CCC(C)C(NC(=O)c1c[nH]ccc1=O)C(=O)OC. The van der Waals surface area contributed by atoms with Crippen molar-refractivity contribution in [1.29, 1.82) is 0 Å². The van der Waals surface area contributed by atoms with Gasteiger partial charge in [-0.1, -0.05) is 20.3 Å². The van der Waals surface area contributed by atoms with Crippen molar-refractivity contribution in [2.45, 2.75) is 26.3 Å². The summed E-state index contributed by atoms with van der Waals surface area (Å²) < 4.78 is 4.66. The van der Waals surface area contributed by atoms with Gasteiger partial charge in [-0.15, -0.1) is 0 Å². The van der Waals surface area contributed by atoms with Crippen LogP contribution in [0.4, 0.5) is 0 Å². The number of H-pyrrole nitrogens is 1. The van der Waals surface area contributed by atoms with Crippen LogP contribution in [-0.4, -0.2) is 30.0 Å². The summed E-state index contributed by atoms with van der Waals surface area (Å²) in [5.74, 6) is -1.19. The molecule has 0 saturated heterocycles. The largest absolute Gasteiger partial charge is 0.467 e. The number of carbonyl (C=O) groups is 2. The Hall–Kier alpha value is -2.11. The lowest BCUT2D eigenvalue weighted by Crippen LogP contribution is -2.46. The van der Waals surface area contributed by atoms with Gasteiger partial charge in [0.2, 0.25) is 0 Å². The van der Waals surface area contributed by atoms with E-state index in [9.17, 15) is 14.4 Å². The third kappa shape index (κ3) is 3.67. The Morgan fingerprint density at radius 1 is 1.47 bits per heavy atom. The van der Waals surface area contributed by atoms with E-state index in [0.717, 1.165) is 0 Å². The quantitative estimate of drug-likeness (QED) is 0.767. The van der Waals surface area contributed by atoms with E-state index in [0.29, 0.717) is 6.42 Å². The highest BCUT2D eigenvalue weighted by Gasteiger charge is 2.27. The highest BCUT2D eigenvalue weighted by Crippen LogP contribution is 2.09. The van der Waals surface area contributed by atoms with Gasteiger partial charge in [-0.25, -0.2) is 4.79 Å². The lowest BCUT2D eigenvalue weighted by atomic mass is 9.99. The maximum Gasteiger partial charge on any atom is 0.328 e. The standard InChI is InChI=1S/C13H18N2O4/c1-4-8(2)11(13(18)19-3)15-12(17)9-7-14-6-5-10(9)16/h5-8,11H,4H2,1-3H3,(H,14,16)(H,15,17). The molecule has 1 aromatic rings. The topological polar surface area (TPSA) is 88.3 Å². The summed E-state index contributed by atoms with van der Waals surface area (Å²) in [7, 11) is 1.26. The Balaban J connectivity index is 2.91. The number of esters is 1. The summed E-state index contributed by atoms with van der Waals surface area (Å²) in [6.45, 7) is 3.74. The molecule has 0 radical (unpaired) electrons. The molecule has 2 unspecified atom stereocenters. The number of ether oxygens (including phenoxy) is 1. The summed E-state index contributed by atoms with van der Waals surface area (Å²) >= 11 is 0. The molecule has 0 bridgehead atoms. The van der Waals surface area contributed by atoms with E-state index in [1.807, 2.05) is 13.8 Å². The minimum atomic E-state index is -0.762. The second-order valence-electron chi connectivity index (χ2n) is 4.28. The third-order valence-corrected chi connectivity index (χ3v) is 3.02. The summed E-state index contributed by atoms with van der Waals surface area (Å²) in [5, 5.41) is 2.54. The fourth-order valence-electron chi connectivity index (χ4n) is 1.61. The lowest BCUT2D eigenvalue weighted by Gasteiger charge is -2.21. The number of rotatable bonds is 5. The smallest absolute Gasteiger partial charge is 0.328 e. The fraction of sp³-hybridized carbons (Fsp3) is 0.462. The molecule has 1 rings (SSSR count). The highest BCUT2D eigenvalue weighted by atomic mass is 16.5. The summed E-state index contributed by atoms with van der Waals surface area (Å²) in [6, 6.07) is 0.493. The molecule has 1 heterocycles. The van der Waals surface area contributed by atoms with Crippen LogP contribution in [0.5, 0.6) is 0 Å². The van der Waals surface area contributed by atoms with E-state index in [2.05, 4.69) is 15.0 Å². The zero-order valence-electron chi connectivity index (χ0n) is 11.2. The molecule has 2 atom stereocenters. The van der Waals surface area contributed by atoms with Crippen molar-refractivity contribution in [3.63, 3.8) is 0 Å². The Morgan fingerprint density at radius 3 is 2.68 bits per heavy atom. The molecule has 1 amide bonds. The first-order valence-corrected chi connectivity index (χ1v) is 6.07. The van der Waals surface area contributed by atoms with Crippen molar-refractivity contribution in [1.82, 2.24) is 10.3 Å². The molecule has 0 aromatic carbocycles. The number of carbonyl (C=O) groups excluding carboxylic acids is 2. The van der Waals surface area contributed by atoms with Crippen molar-refractivity contribution in [2.24, 2.45) is 5.92 Å². The van der Waals surface area contributed by atoms with Crippen LogP contribution in [0.25, 0.3) is 0 Å². The van der Waals surface area contributed by atoms with E-state index >= 15 is 0 Å². The monoisotopic (exact) mass is 266 g/mol. The van der Waals surface area contributed by atoms with Crippen LogP contribution < -0.4 is 10.7 Å². The maximum absolute atomic E-state index is 12.0. The molecule has 1 aromatic heterocycles. The zero-order valence-corrected chi connectivity index (χ0v) is 11.2. The number of methoxy groups -OCH3 is 1. The first-order valence-electron chi connectivity index (χ1n) is 6.07. The molecule has 0 fully saturated rings. The molecule has 19 heavy (non-hydrogen) atoms. The lowest BCUT2D eigenvalue weighted by molar-refractivity contribution is -0.144. The van der Waals surface area contributed by atoms with Crippen molar-refractivity contribution in [3.8, 4) is 0 Å². The molecule has 0 aliphatic rings. The van der Waals surface area contributed by atoms with E-state index < -0.39 is 23.3 Å². The van der Waals surface area contributed by atoms with Crippen molar-refractivity contribution >= 4 is 11.9 Å². The van der Waals surface area contributed by atoms with Gasteiger partial charge in [0.05, 0.1) is 7.11 Å². The normalized spacial score (nSPS) is 13.4. The van der Waals surface area contributed by atoms with E-state index in [-0.39, 0.29) is 11.5 Å². The predicted octanol–water partition coefficient (Wildman–Crippen LogP) is 0.692. The maximum atomic E-state index is 12.0. The van der Waals surface area contributed by atoms with Crippen molar-refractivity contribution < 1.29 is 14.3 Å². The highest BCUT2D eigenvalue weighted by molar-refractivity contribution is 5.96. The Morgan fingerprint density at radius 2 is 2.16 bits per heavy atom. The fourth-order valence-corrected chi connectivity index (χ4v) is 1.61. The van der Waals surface area contributed by atoms with Gasteiger partial charge in [0.1, 0.15) is 11.6 Å². The van der Waals surface area contributed by atoms with Crippen LogP contribution in [0.15, 0.2) is 23.3 Å². The van der Waals surface area contributed by atoms with Crippen LogP contribution in [0.2, 0.25) is 0 Å². The average molecular weight is 266 g/mol. The molecule has 0 aliphatic heterocycles. The molecule has 104 valence electrons. The minimum absolute atomic E-state index is 0.0280. The predicted molar refractivity (Wildman–Crippen MR) is 69.8 cm³/mol. The second-order valence-corrected chi connectivity index (χ2v) is 4.28. The van der Waals surface area contributed by atoms with Gasteiger partial charge in [0.25, 0.3) is 5.91 Å². The molecular weight excluding hydrogens is 248 g/mol.